The number of carbonyl (C=O) groups is 1. The Kier molecular flexibility index (Phi) is 5.01. The number of aliphatic carboxylic acids is 1. The van der Waals surface area contributed by atoms with E-state index in [9.17, 15) is 4.79 Å². The van der Waals surface area contributed by atoms with Crippen molar-refractivity contribution < 1.29 is 14.6 Å². The van der Waals surface area contributed by atoms with Crippen LogP contribution in [0.2, 0.25) is 0 Å². The SMILES string of the molecule is COc1cccc(C(C)NC2CCC(C(=O)O)CC2)c1. The fourth-order valence-corrected chi connectivity index (χ4v) is 2.87. The van der Waals surface area contributed by atoms with Crippen molar-refractivity contribution in [2.75, 3.05) is 7.11 Å². The number of carboxylic acids is 1. The Bertz CT molecular complexity index is 453. The van der Waals surface area contributed by atoms with E-state index in [-0.39, 0.29) is 12.0 Å². The molecule has 2 N–H and O–H groups in total. The molecule has 4 nitrogen and oxygen atoms in total. The molecule has 1 aromatic carbocycles. The van der Waals surface area contributed by atoms with Gasteiger partial charge in [-0.1, -0.05) is 12.1 Å². The molecule has 0 aromatic heterocycles. The van der Waals surface area contributed by atoms with Crippen LogP contribution >= 0.6 is 0 Å². The third kappa shape index (κ3) is 3.73. The quantitative estimate of drug-likeness (QED) is 0.868. The molecular weight excluding hydrogens is 254 g/mol. The van der Waals surface area contributed by atoms with Gasteiger partial charge in [0, 0.05) is 12.1 Å². The topological polar surface area (TPSA) is 58.6 Å². The van der Waals surface area contributed by atoms with Gasteiger partial charge < -0.3 is 15.2 Å². The molecule has 0 heterocycles. The summed E-state index contributed by atoms with van der Waals surface area (Å²) in [4.78, 5) is 10.9. The maximum atomic E-state index is 10.9. The van der Waals surface area contributed by atoms with Gasteiger partial charge in [-0.15, -0.1) is 0 Å². The molecule has 0 amide bonds. The number of nitrogens with one attached hydrogen (secondary N) is 1. The summed E-state index contributed by atoms with van der Waals surface area (Å²) in [7, 11) is 1.67. The van der Waals surface area contributed by atoms with E-state index >= 15 is 0 Å². The average Bonchev–Trinajstić information content (AvgIpc) is 2.47. The van der Waals surface area contributed by atoms with Crippen molar-refractivity contribution in [1.82, 2.24) is 5.32 Å². The molecule has 1 aliphatic rings. The van der Waals surface area contributed by atoms with Crippen molar-refractivity contribution in [3.8, 4) is 5.75 Å². The van der Waals surface area contributed by atoms with E-state index in [1.807, 2.05) is 18.2 Å². The van der Waals surface area contributed by atoms with Gasteiger partial charge in [-0.25, -0.2) is 0 Å². The summed E-state index contributed by atoms with van der Waals surface area (Å²) in [6.07, 6.45) is 3.42. The van der Waals surface area contributed by atoms with Crippen LogP contribution in [0.25, 0.3) is 0 Å². The molecule has 1 aromatic rings. The molecule has 1 unspecified atom stereocenters. The van der Waals surface area contributed by atoms with E-state index in [0.717, 1.165) is 31.4 Å². The van der Waals surface area contributed by atoms with E-state index in [0.29, 0.717) is 6.04 Å². The van der Waals surface area contributed by atoms with Gasteiger partial charge in [0.15, 0.2) is 0 Å². The molecule has 1 fully saturated rings. The lowest BCUT2D eigenvalue weighted by atomic mass is 9.85. The lowest BCUT2D eigenvalue weighted by Gasteiger charge is -2.29. The summed E-state index contributed by atoms with van der Waals surface area (Å²) >= 11 is 0. The predicted molar refractivity (Wildman–Crippen MR) is 77.9 cm³/mol. The lowest BCUT2D eigenvalue weighted by molar-refractivity contribution is -0.142. The number of carboxylic acid groups (broad SMARTS) is 1. The summed E-state index contributed by atoms with van der Waals surface area (Å²) in [5, 5.41) is 12.6. The van der Waals surface area contributed by atoms with Crippen molar-refractivity contribution in [3.05, 3.63) is 29.8 Å². The van der Waals surface area contributed by atoms with Gasteiger partial charge in [0.05, 0.1) is 13.0 Å². The molecule has 2 rings (SSSR count). The van der Waals surface area contributed by atoms with Crippen molar-refractivity contribution in [1.29, 1.82) is 0 Å². The molecule has 20 heavy (non-hydrogen) atoms. The molecule has 0 aliphatic heterocycles. The zero-order valence-electron chi connectivity index (χ0n) is 12.1. The maximum Gasteiger partial charge on any atom is 0.306 e. The van der Waals surface area contributed by atoms with Crippen LogP contribution in [0.3, 0.4) is 0 Å². The first-order chi connectivity index (χ1) is 9.60. The van der Waals surface area contributed by atoms with Gasteiger partial charge in [-0.05, 0) is 50.3 Å². The predicted octanol–water partition coefficient (Wildman–Crippen LogP) is 2.99. The maximum absolute atomic E-state index is 10.9. The Labute approximate surface area is 120 Å². The van der Waals surface area contributed by atoms with Gasteiger partial charge in [0.2, 0.25) is 0 Å². The van der Waals surface area contributed by atoms with Gasteiger partial charge in [0.1, 0.15) is 5.75 Å². The van der Waals surface area contributed by atoms with Gasteiger partial charge in [-0.3, -0.25) is 4.79 Å². The highest BCUT2D eigenvalue weighted by Gasteiger charge is 2.26. The Balaban J connectivity index is 1.88. The number of hydrogen-bond donors (Lipinski definition) is 2. The third-order valence-corrected chi connectivity index (χ3v) is 4.16. The molecule has 0 radical (unpaired) electrons. The molecule has 110 valence electrons. The second-order valence-corrected chi connectivity index (χ2v) is 5.55. The summed E-state index contributed by atoms with van der Waals surface area (Å²) in [5.41, 5.74) is 1.20. The fourth-order valence-electron chi connectivity index (χ4n) is 2.87. The molecule has 0 bridgehead atoms. The summed E-state index contributed by atoms with van der Waals surface area (Å²) in [5.74, 6) is 0.0650. The molecule has 0 spiro atoms. The van der Waals surface area contributed by atoms with E-state index in [1.165, 1.54) is 5.56 Å². The second-order valence-electron chi connectivity index (χ2n) is 5.55. The molecule has 1 atom stereocenters. The molecule has 4 heteroatoms. The standard InChI is InChI=1S/C16H23NO3/c1-11(13-4-3-5-15(10-13)20-2)17-14-8-6-12(7-9-14)16(18)19/h3-5,10-12,14,17H,6-9H2,1-2H3,(H,18,19). The third-order valence-electron chi connectivity index (χ3n) is 4.16. The van der Waals surface area contributed by atoms with E-state index in [4.69, 9.17) is 9.84 Å². The van der Waals surface area contributed by atoms with E-state index < -0.39 is 5.97 Å². The van der Waals surface area contributed by atoms with Crippen LogP contribution in [-0.2, 0) is 4.79 Å². The first-order valence-electron chi connectivity index (χ1n) is 7.23. The number of benzene rings is 1. The van der Waals surface area contributed by atoms with Crippen molar-refractivity contribution in [2.24, 2.45) is 5.92 Å². The van der Waals surface area contributed by atoms with Gasteiger partial charge in [0.25, 0.3) is 0 Å². The largest absolute Gasteiger partial charge is 0.497 e. The zero-order valence-corrected chi connectivity index (χ0v) is 12.1. The number of hydrogen-bond acceptors (Lipinski definition) is 3. The lowest BCUT2D eigenvalue weighted by Crippen LogP contribution is -2.36. The highest BCUT2D eigenvalue weighted by Crippen LogP contribution is 2.27. The van der Waals surface area contributed by atoms with E-state index in [1.54, 1.807) is 7.11 Å². The molecular formula is C16H23NO3. The Hall–Kier alpha value is -1.55. The average molecular weight is 277 g/mol. The number of rotatable bonds is 5. The normalized spacial score (nSPS) is 24.1. The van der Waals surface area contributed by atoms with Crippen LogP contribution < -0.4 is 10.1 Å². The van der Waals surface area contributed by atoms with Crippen molar-refractivity contribution >= 4 is 5.97 Å². The Morgan fingerprint density at radius 3 is 2.65 bits per heavy atom. The minimum atomic E-state index is -0.649. The summed E-state index contributed by atoms with van der Waals surface area (Å²) in [6.45, 7) is 2.14. The van der Waals surface area contributed by atoms with Crippen LogP contribution in [-0.4, -0.2) is 24.2 Å². The number of ether oxygens (including phenoxy) is 1. The number of methoxy groups -OCH3 is 1. The zero-order chi connectivity index (χ0) is 14.5. The summed E-state index contributed by atoms with van der Waals surface area (Å²) < 4.78 is 5.24. The Morgan fingerprint density at radius 1 is 1.35 bits per heavy atom. The summed E-state index contributed by atoms with van der Waals surface area (Å²) in [6, 6.07) is 8.72. The van der Waals surface area contributed by atoms with Gasteiger partial charge in [-0.2, -0.15) is 0 Å². The minimum Gasteiger partial charge on any atom is -0.497 e. The van der Waals surface area contributed by atoms with Gasteiger partial charge >= 0.3 is 5.97 Å². The first-order valence-corrected chi connectivity index (χ1v) is 7.23. The van der Waals surface area contributed by atoms with Crippen molar-refractivity contribution in [3.63, 3.8) is 0 Å². The molecule has 0 saturated heterocycles. The monoisotopic (exact) mass is 277 g/mol. The highest BCUT2D eigenvalue weighted by atomic mass is 16.5. The van der Waals surface area contributed by atoms with Crippen LogP contribution in [0.4, 0.5) is 0 Å². The smallest absolute Gasteiger partial charge is 0.306 e. The fraction of sp³-hybridized carbons (Fsp3) is 0.562. The van der Waals surface area contributed by atoms with Crippen LogP contribution in [0.1, 0.15) is 44.2 Å². The van der Waals surface area contributed by atoms with Crippen LogP contribution in [0.5, 0.6) is 5.75 Å². The van der Waals surface area contributed by atoms with E-state index in [2.05, 4.69) is 18.3 Å². The Morgan fingerprint density at radius 2 is 2.05 bits per heavy atom. The van der Waals surface area contributed by atoms with Crippen LogP contribution in [0.15, 0.2) is 24.3 Å². The minimum absolute atomic E-state index is 0.153. The molecule has 1 aliphatic carbocycles. The highest BCUT2D eigenvalue weighted by molar-refractivity contribution is 5.70. The first kappa shape index (κ1) is 14.9. The van der Waals surface area contributed by atoms with Crippen molar-refractivity contribution in [2.45, 2.75) is 44.7 Å². The second kappa shape index (κ2) is 6.75. The van der Waals surface area contributed by atoms with Crippen LogP contribution in [0, 0.1) is 5.92 Å². The molecule has 1 saturated carbocycles.